The fourth-order valence-electron chi connectivity index (χ4n) is 2.66. The first-order chi connectivity index (χ1) is 10.2. The van der Waals surface area contributed by atoms with Crippen LogP contribution in [-0.2, 0) is 13.0 Å². The number of hydrogen-bond acceptors (Lipinski definition) is 4. The minimum Gasteiger partial charge on any atom is -0.489 e. The number of ether oxygens (including phenoxy) is 1. The van der Waals surface area contributed by atoms with Crippen LogP contribution in [0.3, 0.4) is 0 Å². The van der Waals surface area contributed by atoms with Crippen LogP contribution in [0.5, 0.6) is 5.75 Å². The monoisotopic (exact) mass is 302 g/mol. The van der Waals surface area contributed by atoms with E-state index in [0.29, 0.717) is 6.04 Å². The number of anilines is 1. The van der Waals surface area contributed by atoms with Gasteiger partial charge in [-0.05, 0) is 37.9 Å². The third kappa shape index (κ3) is 3.39. The molecule has 3 nitrogen and oxygen atoms in total. The first-order valence-electron chi connectivity index (χ1n) is 7.45. The van der Waals surface area contributed by atoms with E-state index in [9.17, 15) is 0 Å². The van der Waals surface area contributed by atoms with Crippen LogP contribution in [0.2, 0.25) is 0 Å². The van der Waals surface area contributed by atoms with Gasteiger partial charge in [0.1, 0.15) is 12.4 Å². The predicted octanol–water partition coefficient (Wildman–Crippen LogP) is 3.62. The Kier molecular flexibility index (Phi) is 4.46. The average Bonchev–Trinajstić information content (AvgIpc) is 3.00. The molecule has 0 saturated carbocycles. The molecule has 112 valence electrons. The Hall–Kier alpha value is -1.52. The van der Waals surface area contributed by atoms with Gasteiger partial charge in [0.2, 0.25) is 0 Å². The summed E-state index contributed by atoms with van der Waals surface area (Å²) in [6, 6.07) is 11.2. The summed E-state index contributed by atoms with van der Waals surface area (Å²) in [5, 5.41) is 5.55. The molecule has 1 aromatic carbocycles. The van der Waals surface area contributed by atoms with Crippen molar-refractivity contribution in [2.45, 2.75) is 25.9 Å². The van der Waals surface area contributed by atoms with Crippen molar-refractivity contribution in [3.05, 3.63) is 46.2 Å². The smallest absolute Gasteiger partial charge is 0.146 e. The van der Waals surface area contributed by atoms with E-state index < -0.39 is 0 Å². The van der Waals surface area contributed by atoms with E-state index in [-0.39, 0.29) is 0 Å². The number of rotatable bonds is 5. The van der Waals surface area contributed by atoms with Crippen molar-refractivity contribution in [3.63, 3.8) is 0 Å². The minimum atomic E-state index is 0.510. The molecular weight excluding hydrogens is 280 g/mol. The molecule has 0 radical (unpaired) electrons. The highest BCUT2D eigenvalue weighted by atomic mass is 32.1. The van der Waals surface area contributed by atoms with Crippen LogP contribution >= 0.6 is 11.3 Å². The second-order valence-electron chi connectivity index (χ2n) is 5.62. The second-order valence-corrected chi connectivity index (χ2v) is 6.65. The highest BCUT2D eigenvalue weighted by molar-refractivity contribution is 7.09. The standard InChI is InChI=1S/C17H22N2OS/c1-13(11-15-6-4-10-21-15)19(2)12-14-5-3-7-16-17(14)20-9-8-18-16/h3-7,10,13,18H,8-9,11-12H2,1-2H3. The molecule has 1 aliphatic rings. The van der Waals surface area contributed by atoms with Gasteiger partial charge in [-0.25, -0.2) is 0 Å². The van der Waals surface area contributed by atoms with Crippen LogP contribution in [-0.4, -0.2) is 31.1 Å². The number of para-hydroxylation sites is 1. The third-order valence-electron chi connectivity index (χ3n) is 4.01. The van der Waals surface area contributed by atoms with Crippen molar-refractivity contribution < 1.29 is 4.74 Å². The summed E-state index contributed by atoms with van der Waals surface area (Å²) in [5.41, 5.74) is 2.39. The summed E-state index contributed by atoms with van der Waals surface area (Å²) >= 11 is 1.84. The SMILES string of the molecule is CC(Cc1cccs1)N(C)Cc1cccc2c1OCCN2. The third-order valence-corrected chi connectivity index (χ3v) is 4.91. The largest absolute Gasteiger partial charge is 0.489 e. The van der Waals surface area contributed by atoms with Crippen molar-refractivity contribution in [2.24, 2.45) is 0 Å². The summed E-state index contributed by atoms with van der Waals surface area (Å²) in [5.74, 6) is 1.03. The topological polar surface area (TPSA) is 24.5 Å². The lowest BCUT2D eigenvalue weighted by Crippen LogP contribution is -2.30. The van der Waals surface area contributed by atoms with E-state index in [1.54, 1.807) is 0 Å². The molecule has 21 heavy (non-hydrogen) atoms. The van der Waals surface area contributed by atoms with Crippen molar-refractivity contribution in [1.29, 1.82) is 0 Å². The molecule has 0 saturated heterocycles. The summed E-state index contributed by atoms with van der Waals surface area (Å²) in [6.07, 6.45) is 1.10. The van der Waals surface area contributed by atoms with E-state index in [1.807, 2.05) is 11.3 Å². The van der Waals surface area contributed by atoms with Gasteiger partial charge < -0.3 is 10.1 Å². The number of fused-ring (bicyclic) bond motifs is 1. The van der Waals surface area contributed by atoms with Crippen LogP contribution in [0.1, 0.15) is 17.4 Å². The van der Waals surface area contributed by atoms with Crippen molar-refractivity contribution >= 4 is 17.0 Å². The highest BCUT2D eigenvalue weighted by Gasteiger charge is 2.17. The Morgan fingerprint density at radius 2 is 2.24 bits per heavy atom. The lowest BCUT2D eigenvalue weighted by atomic mass is 10.1. The first-order valence-corrected chi connectivity index (χ1v) is 8.33. The molecular formula is C17H22N2OS. The summed E-state index contributed by atoms with van der Waals surface area (Å²) in [7, 11) is 2.19. The average molecular weight is 302 g/mol. The molecule has 0 bridgehead atoms. The zero-order valence-corrected chi connectivity index (χ0v) is 13.5. The van der Waals surface area contributed by atoms with E-state index >= 15 is 0 Å². The van der Waals surface area contributed by atoms with Crippen LogP contribution in [0.25, 0.3) is 0 Å². The van der Waals surface area contributed by atoms with Gasteiger partial charge in [0.05, 0.1) is 5.69 Å². The van der Waals surface area contributed by atoms with Crippen molar-refractivity contribution in [2.75, 3.05) is 25.5 Å². The molecule has 1 N–H and O–H groups in total. The molecule has 1 aromatic heterocycles. The Bertz CT molecular complexity index is 582. The minimum absolute atomic E-state index is 0.510. The number of nitrogens with one attached hydrogen (secondary N) is 1. The molecule has 0 fully saturated rings. The van der Waals surface area contributed by atoms with Gasteiger partial charge in [-0.3, -0.25) is 4.90 Å². The summed E-state index contributed by atoms with van der Waals surface area (Å²) in [6.45, 7) is 4.84. The molecule has 0 amide bonds. The second kappa shape index (κ2) is 6.50. The van der Waals surface area contributed by atoms with Gasteiger partial charge in [-0.2, -0.15) is 0 Å². The maximum Gasteiger partial charge on any atom is 0.146 e. The van der Waals surface area contributed by atoms with Crippen LogP contribution < -0.4 is 10.1 Å². The van der Waals surface area contributed by atoms with E-state index in [1.165, 1.54) is 10.4 Å². The molecule has 1 aliphatic heterocycles. The number of benzene rings is 1. The molecule has 0 spiro atoms. The lowest BCUT2D eigenvalue weighted by molar-refractivity contribution is 0.241. The summed E-state index contributed by atoms with van der Waals surface area (Å²) in [4.78, 5) is 3.84. The van der Waals surface area contributed by atoms with Crippen LogP contribution in [0, 0.1) is 0 Å². The molecule has 2 aromatic rings. The molecule has 2 heterocycles. The molecule has 4 heteroatoms. The normalized spacial score (nSPS) is 15.2. The molecule has 3 rings (SSSR count). The quantitative estimate of drug-likeness (QED) is 0.913. The maximum atomic E-state index is 5.85. The zero-order valence-electron chi connectivity index (χ0n) is 12.6. The number of likely N-dealkylation sites (N-methyl/N-ethyl adjacent to an activating group) is 1. The van der Waals surface area contributed by atoms with E-state index in [0.717, 1.165) is 37.6 Å². The fraction of sp³-hybridized carbons (Fsp3) is 0.412. The van der Waals surface area contributed by atoms with Crippen LogP contribution in [0.15, 0.2) is 35.7 Å². The van der Waals surface area contributed by atoms with Gasteiger partial charge in [0.15, 0.2) is 0 Å². The van der Waals surface area contributed by atoms with Gasteiger partial charge in [0.25, 0.3) is 0 Å². The zero-order chi connectivity index (χ0) is 14.7. The number of hydrogen-bond donors (Lipinski definition) is 1. The Morgan fingerprint density at radius 1 is 1.33 bits per heavy atom. The maximum absolute atomic E-state index is 5.85. The summed E-state index contributed by atoms with van der Waals surface area (Å²) < 4.78 is 5.85. The first kappa shape index (κ1) is 14.4. The van der Waals surface area contributed by atoms with Gasteiger partial charge in [-0.1, -0.05) is 18.2 Å². The molecule has 1 unspecified atom stereocenters. The molecule has 1 atom stereocenters. The van der Waals surface area contributed by atoms with Gasteiger partial charge in [0, 0.05) is 29.6 Å². The van der Waals surface area contributed by atoms with Crippen LogP contribution in [0.4, 0.5) is 5.69 Å². The van der Waals surface area contributed by atoms with Gasteiger partial charge in [-0.15, -0.1) is 11.3 Å². The van der Waals surface area contributed by atoms with E-state index in [2.05, 4.69) is 59.9 Å². The highest BCUT2D eigenvalue weighted by Crippen LogP contribution is 2.32. The lowest BCUT2D eigenvalue weighted by Gasteiger charge is -2.27. The van der Waals surface area contributed by atoms with Gasteiger partial charge >= 0.3 is 0 Å². The Morgan fingerprint density at radius 3 is 3.05 bits per heavy atom. The fourth-order valence-corrected chi connectivity index (χ4v) is 3.48. The Labute approximate surface area is 130 Å². The number of thiophene rings is 1. The number of nitrogens with zero attached hydrogens (tertiary/aromatic N) is 1. The van der Waals surface area contributed by atoms with Crippen molar-refractivity contribution in [3.8, 4) is 5.75 Å². The molecule has 0 aliphatic carbocycles. The van der Waals surface area contributed by atoms with Crippen molar-refractivity contribution in [1.82, 2.24) is 4.90 Å². The van der Waals surface area contributed by atoms with E-state index in [4.69, 9.17) is 4.74 Å². The Balaban J connectivity index is 1.68. The predicted molar refractivity (Wildman–Crippen MR) is 89.4 cm³/mol.